The Bertz CT molecular complexity index is 445. The lowest BCUT2D eigenvalue weighted by molar-refractivity contribution is 0.534. The summed E-state index contributed by atoms with van der Waals surface area (Å²) in [5.74, 6) is 0.107. The summed E-state index contributed by atoms with van der Waals surface area (Å²) in [5, 5.41) is 18.0. The van der Waals surface area contributed by atoms with Crippen molar-refractivity contribution in [2.45, 2.75) is 24.9 Å². The van der Waals surface area contributed by atoms with Crippen molar-refractivity contribution >= 4 is 11.9 Å². The molecule has 1 saturated heterocycles. The van der Waals surface area contributed by atoms with Crippen LogP contribution in [-0.4, -0.2) is 50.2 Å². The van der Waals surface area contributed by atoms with Crippen molar-refractivity contribution in [1.29, 1.82) is 5.41 Å². The van der Waals surface area contributed by atoms with Gasteiger partial charge in [0.05, 0.1) is 12.6 Å². The van der Waals surface area contributed by atoms with Crippen LogP contribution in [-0.2, 0) is 0 Å². The Balaban J connectivity index is 1.60. The normalized spacial score (nSPS) is 30.0. The van der Waals surface area contributed by atoms with Crippen LogP contribution < -0.4 is 16.0 Å². The SMILES string of the molecule is N=CC(CNC1CCNC1)C1=NC2CC=CC=C2NC1. The van der Waals surface area contributed by atoms with Crippen molar-refractivity contribution in [2.75, 3.05) is 26.2 Å². The zero-order valence-corrected chi connectivity index (χ0v) is 11.7. The van der Waals surface area contributed by atoms with E-state index in [1.54, 1.807) is 0 Å². The molecule has 108 valence electrons. The molecule has 3 rings (SSSR count). The molecule has 1 fully saturated rings. The van der Waals surface area contributed by atoms with Gasteiger partial charge in [0.2, 0.25) is 0 Å². The topological polar surface area (TPSA) is 72.3 Å². The average Bonchev–Trinajstić information content (AvgIpc) is 3.01. The lowest BCUT2D eigenvalue weighted by atomic mass is 9.97. The summed E-state index contributed by atoms with van der Waals surface area (Å²) in [7, 11) is 0. The van der Waals surface area contributed by atoms with Gasteiger partial charge in [-0.2, -0.15) is 0 Å². The molecule has 20 heavy (non-hydrogen) atoms. The van der Waals surface area contributed by atoms with Crippen molar-refractivity contribution in [2.24, 2.45) is 10.9 Å². The van der Waals surface area contributed by atoms with Crippen molar-refractivity contribution in [3.05, 3.63) is 23.9 Å². The minimum atomic E-state index is 0.107. The number of nitrogens with one attached hydrogen (secondary N) is 4. The average molecular weight is 273 g/mol. The van der Waals surface area contributed by atoms with E-state index in [9.17, 15) is 0 Å². The third-order valence-electron chi connectivity index (χ3n) is 4.24. The fourth-order valence-electron chi connectivity index (χ4n) is 2.98. The Kier molecular flexibility index (Phi) is 4.28. The Labute approximate surface area is 120 Å². The van der Waals surface area contributed by atoms with Crippen LogP contribution in [0.4, 0.5) is 0 Å². The molecule has 0 aromatic heterocycles. The fourth-order valence-corrected chi connectivity index (χ4v) is 2.98. The molecule has 4 N–H and O–H groups in total. The molecule has 0 aromatic carbocycles. The second-order valence-electron chi connectivity index (χ2n) is 5.65. The van der Waals surface area contributed by atoms with Crippen molar-refractivity contribution in [3.8, 4) is 0 Å². The van der Waals surface area contributed by atoms with Gasteiger partial charge in [-0.25, -0.2) is 0 Å². The van der Waals surface area contributed by atoms with E-state index in [2.05, 4.69) is 34.2 Å². The lowest BCUT2D eigenvalue weighted by Crippen LogP contribution is -2.44. The van der Waals surface area contributed by atoms with E-state index in [0.717, 1.165) is 38.3 Å². The molecule has 5 heteroatoms. The maximum atomic E-state index is 7.68. The number of hydrogen-bond acceptors (Lipinski definition) is 5. The van der Waals surface area contributed by atoms with Gasteiger partial charge in [-0.15, -0.1) is 0 Å². The van der Waals surface area contributed by atoms with Crippen LogP contribution in [0.2, 0.25) is 0 Å². The lowest BCUT2D eigenvalue weighted by Gasteiger charge is -2.29. The van der Waals surface area contributed by atoms with Crippen LogP contribution >= 0.6 is 0 Å². The van der Waals surface area contributed by atoms with Crippen LogP contribution in [0, 0.1) is 11.3 Å². The molecule has 2 aliphatic heterocycles. The van der Waals surface area contributed by atoms with Crippen LogP contribution in [0.25, 0.3) is 0 Å². The van der Waals surface area contributed by atoms with Gasteiger partial charge in [-0.3, -0.25) is 4.99 Å². The van der Waals surface area contributed by atoms with E-state index < -0.39 is 0 Å². The van der Waals surface area contributed by atoms with E-state index in [-0.39, 0.29) is 12.0 Å². The zero-order chi connectivity index (χ0) is 13.8. The Morgan fingerprint density at radius 3 is 3.30 bits per heavy atom. The highest BCUT2D eigenvalue weighted by molar-refractivity contribution is 6.00. The van der Waals surface area contributed by atoms with Gasteiger partial charge in [0, 0.05) is 42.7 Å². The highest BCUT2D eigenvalue weighted by Crippen LogP contribution is 2.19. The maximum Gasteiger partial charge on any atom is 0.0929 e. The summed E-state index contributed by atoms with van der Waals surface area (Å²) >= 11 is 0. The van der Waals surface area contributed by atoms with Gasteiger partial charge in [0.15, 0.2) is 0 Å². The molecule has 0 saturated carbocycles. The molecule has 0 aromatic rings. The first-order chi connectivity index (χ1) is 9.86. The van der Waals surface area contributed by atoms with Gasteiger partial charge >= 0.3 is 0 Å². The number of hydrogen-bond donors (Lipinski definition) is 4. The van der Waals surface area contributed by atoms with E-state index >= 15 is 0 Å². The Morgan fingerprint density at radius 1 is 1.55 bits per heavy atom. The largest absolute Gasteiger partial charge is 0.381 e. The highest BCUT2D eigenvalue weighted by Gasteiger charge is 2.24. The molecule has 2 heterocycles. The maximum absolute atomic E-state index is 7.68. The van der Waals surface area contributed by atoms with Crippen molar-refractivity contribution in [3.63, 3.8) is 0 Å². The first-order valence-corrected chi connectivity index (χ1v) is 7.48. The summed E-state index contributed by atoms with van der Waals surface area (Å²) in [6.07, 6.45) is 10.0. The smallest absolute Gasteiger partial charge is 0.0929 e. The second kappa shape index (κ2) is 6.33. The van der Waals surface area contributed by atoms with Crippen LogP contribution in [0.3, 0.4) is 0 Å². The number of fused-ring (bicyclic) bond motifs is 1. The summed E-state index contributed by atoms with van der Waals surface area (Å²) in [6, 6.07) is 0.780. The zero-order valence-electron chi connectivity index (χ0n) is 11.7. The summed E-state index contributed by atoms with van der Waals surface area (Å²) < 4.78 is 0. The second-order valence-corrected chi connectivity index (χ2v) is 5.65. The van der Waals surface area contributed by atoms with E-state index in [4.69, 9.17) is 10.4 Å². The number of nitrogens with zero attached hydrogens (tertiary/aromatic N) is 1. The summed E-state index contributed by atoms with van der Waals surface area (Å²) in [6.45, 7) is 3.71. The van der Waals surface area contributed by atoms with Crippen molar-refractivity contribution in [1.82, 2.24) is 16.0 Å². The van der Waals surface area contributed by atoms with Crippen LogP contribution in [0.15, 0.2) is 28.9 Å². The van der Waals surface area contributed by atoms with Gasteiger partial charge < -0.3 is 21.4 Å². The Hall–Kier alpha value is -1.46. The number of aliphatic imine (C=N–C) groups is 1. The van der Waals surface area contributed by atoms with Crippen LogP contribution in [0.5, 0.6) is 0 Å². The predicted molar refractivity (Wildman–Crippen MR) is 82.6 cm³/mol. The molecule has 0 radical (unpaired) electrons. The molecule has 0 spiro atoms. The molecule has 3 aliphatic rings. The third-order valence-corrected chi connectivity index (χ3v) is 4.24. The first kappa shape index (κ1) is 13.5. The number of rotatable bonds is 5. The summed E-state index contributed by atoms with van der Waals surface area (Å²) in [5.41, 5.74) is 2.32. The molecular formula is C15H23N5. The standard InChI is InChI=1S/C15H23N5/c16-7-11(8-18-12-5-6-17-9-12)15-10-19-13-3-1-2-4-14(13)20-15/h1-3,7,11-12,14,16-19H,4-6,8-10H2. The number of allylic oxidation sites excluding steroid dienone is 2. The molecule has 0 amide bonds. The molecule has 1 aliphatic carbocycles. The molecule has 0 bridgehead atoms. The fraction of sp³-hybridized carbons (Fsp3) is 0.600. The first-order valence-electron chi connectivity index (χ1n) is 7.48. The molecule has 5 nitrogen and oxygen atoms in total. The summed E-state index contributed by atoms with van der Waals surface area (Å²) in [4.78, 5) is 4.85. The van der Waals surface area contributed by atoms with Gasteiger partial charge in [-0.1, -0.05) is 12.2 Å². The van der Waals surface area contributed by atoms with E-state index in [0.29, 0.717) is 6.04 Å². The van der Waals surface area contributed by atoms with Gasteiger partial charge in [0.25, 0.3) is 0 Å². The van der Waals surface area contributed by atoms with E-state index in [1.807, 2.05) is 0 Å². The van der Waals surface area contributed by atoms with E-state index in [1.165, 1.54) is 18.3 Å². The third kappa shape index (κ3) is 2.99. The molecular weight excluding hydrogens is 250 g/mol. The van der Waals surface area contributed by atoms with Crippen molar-refractivity contribution < 1.29 is 0 Å². The van der Waals surface area contributed by atoms with Gasteiger partial charge in [-0.05, 0) is 25.5 Å². The monoisotopic (exact) mass is 273 g/mol. The highest BCUT2D eigenvalue weighted by atomic mass is 15.0. The quantitative estimate of drug-likeness (QED) is 0.550. The minimum Gasteiger partial charge on any atom is -0.381 e. The minimum absolute atomic E-state index is 0.107. The Morgan fingerprint density at radius 2 is 2.50 bits per heavy atom. The molecule has 3 atom stereocenters. The predicted octanol–water partition coefficient (Wildman–Crippen LogP) is 0.460. The molecule has 3 unspecified atom stereocenters. The van der Waals surface area contributed by atoms with Gasteiger partial charge in [0.1, 0.15) is 0 Å². The van der Waals surface area contributed by atoms with Crippen LogP contribution in [0.1, 0.15) is 12.8 Å².